The molecule has 9 nitrogen and oxygen atoms in total. The van der Waals surface area contributed by atoms with Crippen molar-refractivity contribution in [2.75, 3.05) is 23.3 Å². The summed E-state index contributed by atoms with van der Waals surface area (Å²) in [6.07, 6.45) is 14.5. The minimum Gasteiger partial charge on any atom is -0.370 e. The van der Waals surface area contributed by atoms with Crippen LogP contribution in [0, 0.1) is 5.92 Å². The lowest BCUT2D eigenvalue weighted by molar-refractivity contribution is -0.120. The predicted molar refractivity (Wildman–Crippen MR) is 153 cm³/mol. The molecule has 5 heterocycles. The maximum atomic E-state index is 12.8. The molecule has 1 aromatic carbocycles. The maximum Gasteiger partial charge on any atom is 0.227 e. The number of carbonyl (C=O) groups excluding carboxylic acids is 1. The number of hydrogen-bond donors (Lipinski definition) is 3. The molecule has 1 aliphatic heterocycles. The van der Waals surface area contributed by atoms with Gasteiger partial charge in [-0.05, 0) is 61.9 Å². The van der Waals surface area contributed by atoms with Gasteiger partial charge in [0.2, 0.25) is 5.91 Å². The van der Waals surface area contributed by atoms with E-state index < -0.39 is 0 Å². The first kappa shape index (κ1) is 23.8. The number of imidazole rings is 1. The van der Waals surface area contributed by atoms with Gasteiger partial charge < -0.3 is 15.2 Å². The zero-order valence-corrected chi connectivity index (χ0v) is 21.9. The third kappa shape index (κ3) is 4.62. The van der Waals surface area contributed by atoms with Crippen LogP contribution in [0.2, 0.25) is 0 Å². The number of carbonyl (C=O) groups is 1. The Kier molecular flexibility index (Phi) is 6.19. The van der Waals surface area contributed by atoms with E-state index in [0.717, 1.165) is 83.4 Å². The average Bonchev–Trinajstić information content (AvgIpc) is 3.62. The van der Waals surface area contributed by atoms with Crippen molar-refractivity contribution in [2.45, 2.75) is 51.4 Å². The van der Waals surface area contributed by atoms with Crippen molar-refractivity contribution in [3.05, 3.63) is 48.9 Å². The van der Waals surface area contributed by atoms with Crippen molar-refractivity contribution in [3.8, 4) is 22.6 Å². The molecule has 5 aromatic rings. The number of nitrogens with zero attached hydrogens (tertiary/aromatic N) is 5. The summed E-state index contributed by atoms with van der Waals surface area (Å²) in [5.74, 6) is 0.890. The summed E-state index contributed by atoms with van der Waals surface area (Å²) in [6, 6.07) is 10.2. The first-order valence-corrected chi connectivity index (χ1v) is 14.1. The van der Waals surface area contributed by atoms with Crippen LogP contribution in [0.3, 0.4) is 0 Å². The molecule has 0 atom stereocenters. The number of H-pyrrole nitrogens is 2. The first-order valence-electron chi connectivity index (χ1n) is 14.1. The highest BCUT2D eigenvalue weighted by molar-refractivity contribution is 5.97. The molecular weight excluding hydrogens is 488 g/mol. The Morgan fingerprint density at radius 2 is 1.79 bits per heavy atom. The van der Waals surface area contributed by atoms with Gasteiger partial charge in [-0.15, -0.1) is 0 Å². The highest BCUT2D eigenvalue weighted by atomic mass is 16.1. The van der Waals surface area contributed by atoms with Crippen LogP contribution in [0.25, 0.3) is 44.7 Å². The Balaban J connectivity index is 1.20. The van der Waals surface area contributed by atoms with E-state index in [4.69, 9.17) is 4.98 Å². The Bertz CT molecular complexity index is 1640. The number of amides is 1. The lowest BCUT2D eigenvalue weighted by atomic mass is 9.88. The Morgan fingerprint density at radius 3 is 2.67 bits per heavy atom. The van der Waals surface area contributed by atoms with Gasteiger partial charge in [0.25, 0.3) is 0 Å². The van der Waals surface area contributed by atoms with E-state index in [2.05, 4.69) is 47.5 Å². The monoisotopic (exact) mass is 520 g/mol. The topological polar surface area (TPSA) is 115 Å². The molecule has 39 heavy (non-hydrogen) atoms. The van der Waals surface area contributed by atoms with Gasteiger partial charge in [0.05, 0.1) is 23.1 Å². The third-order valence-electron chi connectivity index (χ3n) is 8.17. The van der Waals surface area contributed by atoms with Crippen molar-refractivity contribution in [2.24, 2.45) is 5.92 Å². The van der Waals surface area contributed by atoms with Crippen LogP contribution in [0.1, 0.15) is 51.4 Å². The number of anilines is 2. The van der Waals surface area contributed by atoms with Gasteiger partial charge in [-0.1, -0.05) is 25.3 Å². The fourth-order valence-corrected chi connectivity index (χ4v) is 6.06. The molecule has 1 saturated carbocycles. The van der Waals surface area contributed by atoms with Crippen molar-refractivity contribution in [1.29, 1.82) is 0 Å². The second-order valence-corrected chi connectivity index (χ2v) is 10.8. The number of fused-ring (bicyclic) bond motifs is 2. The quantitative estimate of drug-likeness (QED) is 0.259. The number of benzene rings is 1. The number of pyridine rings is 2. The van der Waals surface area contributed by atoms with Gasteiger partial charge >= 0.3 is 0 Å². The van der Waals surface area contributed by atoms with Gasteiger partial charge in [-0.3, -0.25) is 14.9 Å². The molecule has 1 amide bonds. The van der Waals surface area contributed by atoms with Crippen LogP contribution in [-0.4, -0.2) is 49.1 Å². The Hall–Kier alpha value is -4.27. The normalized spacial score (nSPS) is 16.7. The van der Waals surface area contributed by atoms with Gasteiger partial charge in [0.15, 0.2) is 11.5 Å². The highest BCUT2D eigenvalue weighted by Crippen LogP contribution is 2.33. The summed E-state index contributed by atoms with van der Waals surface area (Å²) < 4.78 is 0. The molecule has 1 saturated heterocycles. The molecule has 4 aromatic heterocycles. The lowest BCUT2D eigenvalue weighted by Gasteiger charge is -2.28. The van der Waals surface area contributed by atoms with E-state index in [1.54, 1.807) is 6.20 Å². The summed E-state index contributed by atoms with van der Waals surface area (Å²) in [6.45, 7) is 2.10. The fraction of sp³-hybridized carbons (Fsp3) is 0.367. The molecule has 2 fully saturated rings. The minimum absolute atomic E-state index is 0.0981. The summed E-state index contributed by atoms with van der Waals surface area (Å²) in [5, 5.41) is 11.8. The second-order valence-electron chi connectivity index (χ2n) is 10.8. The van der Waals surface area contributed by atoms with E-state index in [1.807, 2.05) is 30.6 Å². The highest BCUT2D eigenvalue weighted by Gasteiger charge is 2.22. The Morgan fingerprint density at radius 1 is 0.949 bits per heavy atom. The third-order valence-corrected chi connectivity index (χ3v) is 8.17. The van der Waals surface area contributed by atoms with Crippen LogP contribution < -0.4 is 10.2 Å². The summed E-state index contributed by atoms with van der Waals surface area (Å²) in [5.41, 5.74) is 7.13. The van der Waals surface area contributed by atoms with Crippen molar-refractivity contribution in [1.82, 2.24) is 30.1 Å². The Labute approximate surface area is 226 Å². The summed E-state index contributed by atoms with van der Waals surface area (Å²) in [7, 11) is 0. The van der Waals surface area contributed by atoms with Crippen LogP contribution in [0.5, 0.6) is 0 Å². The molecule has 3 N–H and O–H groups in total. The van der Waals surface area contributed by atoms with Gasteiger partial charge in [0, 0.05) is 42.4 Å². The number of aromatic nitrogens is 6. The number of rotatable bonds is 5. The van der Waals surface area contributed by atoms with E-state index in [0.29, 0.717) is 11.5 Å². The maximum absolute atomic E-state index is 12.8. The van der Waals surface area contributed by atoms with Gasteiger partial charge in [0.1, 0.15) is 11.2 Å². The average molecular weight is 521 g/mol. The number of aromatic amines is 2. The van der Waals surface area contributed by atoms with E-state index >= 15 is 0 Å². The predicted octanol–water partition coefficient (Wildman–Crippen LogP) is 6.07. The molecule has 9 heteroatoms. The molecule has 7 rings (SSSR count). The molecule has 2 aliphatic rings. The van der Waals surface area contributed by atoms with Gasteiger partial charge in [-0.2, -0.15) is 5.10 Å². The van der Waals surface area contributed by atoms with Crippen molar-refractivity contribution >= 4 is 39.3 Å². The molecule has 0 unspecified atom stereocenters. The molecule has 198 valence electrons. The number of hydrogen-bond acceptors (Lipinski definition) is 6. The smallest absolute Gasteiger partial charge is 0.227 e. The standard InChI is InChI=1S/C30H32N8O/c39-30(19-7-3-1-4-8-19)33-22-15-21(17-31-18-22)20-9-10-24-23(16-20)26(37-36-24)29-34-27-25(11-12-32-28(27)35-29)38-13-5-2-6-14-38/h9-12,15-19H,1-8,13-14H2,(H,33,39)(H,36,37)(H,32,34,35). The summed E-state index contributed by atoms with van der Waals surface area (Å²) in [4.78, 5) is 32.5. The van der Waals surface area contributed by atoms with Crippen LogP contribution in [0.15, 0.2) is 48.9 Å². The molecule has 0 spiro atoms. The minimum atomic E-state index is 0.0981. The fourth-order valence-electron chi connectivity index (χ4n) is 6.06. The SMILES string of the molecule is O=C(Nc1cncc(-c2ccc3[nH]nc(-c4nc5nccc(N6CCCCC6)c5[nH]4)c3c2)c1)C1CCCCC1. The van der Waals surface area contributed by atoms with Crippen molar-refractivity contribution < 1.29 is 4.79 Å². The van der Waals surface area contributed by atoms with E-state index in [1.165, 1.54) is 25.7 Å². The van der Waals surface area contributed by atoms with Gasteiger partial charge in [-0.25, -0.2) is 9.97 Å². The molecule has 0 radical (unpaired) electrons. The molecule has 0 bridgehead atoms. The molecule has 1 aliphatic carbocycles. The zero-order valence-electron chi connectivity index (χ0n) is 21.9. The number of piperidine rings is 1. The zero-order chi connectivity index (χ0) is 26.2. The van der Waals surface area contributed by atoms with Crippen LogP contribution in [-0.2, 0) is 4.79 Å². The van der Waals surface area contributed by atoms with E-state index in [-0.39, 0.29) is 11.8 Å². The largest absolute Gasteiger partial charge is 0.370 e. The van der Waals surface area contributed by atoms with Crippen LogP contribution >= 0.6 is 0 Å². The summed E-state index contributed by atoms with van der Waals surface area (Å²) >= 11 is 0. The first-order chi connectivity index (χ1) is 19.2. The molecular formula is C30H32N8O. The number of nitrogens with one attached hydrogen (secondary N) is 3. The lowest BCUT2D eigenvalue weighted by Crippen LogP contribution is -2.29. The van der Waals surface area contributed by atoms with E-state index in [9.17, 15) is 4.79 Å². The van der Waals surface area contributed by atoms with Crippen LogP contribution in [0.4, 0.5) is 11.4 Å². The second kappa shape index (κ2) is 10.1. The van der Waals surface area contributed by atoms with Crippen molar-refractivity contribution in [3.63, 3.8) is 0 Å².